The van der Waals surface area contributed by atoms with Gasteiger partial charge < -0.3 is 44.5 Å². The van der Waals surface area contributed by atoms with Crippen LogP contribution in [0.1, 0.15) is 6.92 Å². The van der Waals surface area contributed by atoms with Crippen LogP contribution in [0, 0.1) is 0 Å². The molecule has 2 heterocycles. The number of hydrogen-bond acceptors (Lipinski definition) is 9. The van der Waals surface area contributed by atoms with Crippen molar-refractivity contribution in [2.45, 2.75) is 62.2 Å². The van der Waals surface area contributed by atoms with Crippen LogP contribution in [0.3, 0.4) is 0 Å². The highest BCUT2D eigenvalue weighted by Crippen LogP contribution is 2.26. The van der Waals surface area contributed by atoms with Gasteiger partial charge in [0.25, 0.3) is 0 Å². The molecule has 0 radical (unpaired) electrons. The van der Waals surface area contributed by atoms with Gasteiger partial charge in [-0.05, 0) is 6.92 Å². The lowest BCUT2D eigenvalue weighted by atomic mass is 9.99. The Hall–Kier alpha value is -0.360. The van der Waals surface area contributed by atoms with E-state index in [4.69, 9.17) is 18.9 Å². The number of rotatable bonds is 3. The third kappa shape index (κ3) is 3.36. The number of hydrogen-bond donors (Lipinski definition) is 5. The number of methoxy groups -OCH3 is 1. The van der Waals surface area contributed by atoms with Crippen LogP contribution in [0.4, 0.5) is 0 Å². The maximum Gasteiger partial charge on any atom is 0.187 e. The Kier molecular flexibility index (Phi) is 5.52. The lowest BCUT2D eigenvalue weighted by Gasteiger charge is -2.43. The van der Waals surface area contributed by atoms with Crippen LogP contribution in [0.2, 0.25) is 0 Å². The molecule has 9 nitrogen and oxygen atoms in total. The molecule has 0 aromatic rings. The fourth-order valence-electron chi connectivity index (χ4n) is 2.39. The summed E-state index contributed by atoms with van der Waals surface area (Å²) in [7, 11) is 1.33. The quantitative estimate of drug-likeness (QED) is 0.367. The lowest BCUT2D eigenvalue weighted by Crippen LogP contribution is -2.61. The molecule has 0 bridgehead atoms. The van der Waals surface area contributed by atoms with Crippen molar-refractivity contribution in [2.24, 2.45) is 0 Å². The number of aliphatic hydroxyl groups excluding tert-OH is 5. The zero-order valence-corrected chi connectivity index (χ0v) is 11.8. The van der Waals surface area contributed by atoms with Crippen LogP contribution >= 0.6 is 0 Å². The van der Waals surface area contributed by atoms with Gasteiger partial charge in [0.2, 0.25) is 0 Å². The van der Waals surface area contributed by atoms with E-state index in [0.29, 0.717) is 0 Å². The van der Waals surface area contributed by atoms with E-state index in [-0.39, 0.29) is 6.61 Å². The minimum Gasteiger partial charge on any atom is -0.388 e. The van der Waals surface area contributed by atoms with Crippen molar-refractivity contribution < 1.29 is 44.5 Å². The topological polar surface area (TPSA) is 138 Å². The van der Waals surface area contributed by atoms with E-state index in [1.807, 2.05) is 0 Å². The molecule has 2 fully saturated rings. The van der Waals surface area contributed by atoms with Gasteiger partial charge in [0.15, 0.2) is 12.6 Å². The monoisotopic (exact) mass is 310 g/mol. The van der Waals surface area contributed by atoms with Crippen molar-refractivity contribution in [3.8, 4) is 0 Å². The third-order valence-electron chi connectivity index (χ3n) is 3.78. The molecule has 0 saturated carbocycles. The van der Waals surface area contributed by atoms with E-state index in [9.17, 15) is 25.5 Å². The smallest absolute Gasteiger partial charge is 0.187 e. The van der Waals surface area contributed by atoms with E-state index in [2.05, 4.69) is 0 Å². The second-order valence-corrected chi connectivity index (χ2v) is 5.27. The van der Waals surface area contributed by atoms with Gasteiger partial charge in [-0.2, -0.15) is 0 Å². The molecule has 124 valence electrons. The maximum atomic E-state index is 9.96. The zero-order chi connectivity index (χ0) is 15.7. The summed E-state index contributed by atoms with van der Waals surface area (Å²) in [6, 6.07) is 0. The highest BCUT2D eigenvalue weighted by Gasteiger charge is 2.46. The number of aliphatic hydroxyl groups is 5. The molecule has 0 spiro atoms. The Bertz CT molecular complexity index is 341. The van der Waals surface area contributed by atoms with Gasteiger partial charge in [0.1, 0.15) is 36.6 Å². The largest absolute Gasteiger partial charge is 0.388 e. The van der Waals surface area contributed by atoms with E-state index < -0.39 is 55.3 Å². The van der Waals surface area contributed by atoms with Gasteiger partial charge in [0.05, 0.1) is 12.7 Å². The molecule has 2 rings (SSSR count). The predicted octanol–water partition coefficient (Wildman–Crippen LogP) is -3.08. The molecule has 21 heavy (non-hydrogen) atoms. The zero-order valence-electron chi connectivity index (χ0n) is 11.8. The fourth-order valence-corrected chi connectivity index (χ4v) is 2.39. The van der Waals surface area contributed by atoms with Crippen LogP contribution in [-0.4, -0.2) is 94.6 Å². The number of ether oxygens (including phenoxy) is 4. The first-order valence-electron chi connectivity index (χ1n) is 6.72. The summed E-state index contributed by atoms with van der Waals surface area (Å²) in [5.41, 5.74) is 0. The first-order chi connectivity index (χ1) is 9.86. The van der Waals surface area contributed by atoms with Gasteiger partial charge >= 0.3 is 0 Å². The summed E-state index contributed by atoms with van der Waals surface area (Å²) >= 11 is 0. The average Bonchev–Trinajstić information content (AvgIpc) is 2.47. The molecule has 2 aliphatic rings. The molecule has 0 unspecified atom stereocenters. The van der Waals surface area contributed by atoms with Gasteiger partial charge in [-0.25, -0.2) is 0 Å². The van der Waals surface area contributed by atoms with E-state index in [1.54, 1.807) is 0 Å². The Morgan fingerprint density at radius 1 is 0.857 bits per heavy atom. The minimum atomic E-state index is -1.49. The molecule has 0 aliphatic carbocycles. The van der Waals surface area contributed by atoms with Gasteiger partial charge in [-0.3, -0.25) is 0 Å². The first kappa shape index (κ1) is 17.0. The molecular formula is C12H22O9. The summed E-state index contributed by atoms with van der Waals surface area (Å²) in [6.07, 6.45) is -10.7. The van der Waals surface area contributed by atoms with Crippen molar-refractivity contribution in [3.05, 3.63) is 0 Å². The van der Waals surface area contributed by atoms with Crippen molar-refractivity contribution in [1.29, 1.82) is 0 Å². The van der Waals surface area contributed by atoms with Crippen LogP contribution in [0.15, 0.2) is 0 Å². The van der Waals surface area contributed by atoms with Crippen molar-refractivity contribution in [1.82, 2.24) is 0 Å². The summed E-state index contributed by atoms with van der Waals surface area (Å²) in [5, 5.41) is 48.8. The molecule has 5 N–H and O–H groups in total. The van der Waals surface area contributed by atoms with Crippen LogP contribution in [0.5, 0.6) is 0 Å². The Balaban J connectivity index is 1.98. The van der Waals surface area contributed by atoms with Gasteiger partial charge in [-0.1, -0.05) is 0 Å². The highest BCUT2D eigenvalue weighted by atomic mass is 16.7. The fraction of sp³-hybridized carbons (Fsp3) is 1.00. The summed E-state index contributed by atoms with van der Waals surface area (Å²) < 4.78 is 20.6. The summed E-state index contributed by atoms with van der Waals surface area (Å²) in [5.74, 6) is 0. The Morgan fingerprint density at radius 2 is 1.48 bits per heavy atom. The lowest BCUT2D eigenvalue weighted by molar-refractivity contribution is -0.337. The molecule has 0 aromatic heterocycles. The van der Waals surface area contributed by atoms with Crippen LogP contribution < -0.4 is 0 Å². The van der Waals surface area contributed by atoms with E-state index in [0.717, 1.165) is 0 Å². The van der Waals surface area contributed by atoms with Gasteiger partial charge in [-0.15, -0.1) is 0 Å². The van der Waals surface area contributed by atoms with Gasteiger partial charge in [0, 0.05) is 7.11 Å². The van der Waals surface area contributed by atoms with Crippen LogP contribution in [0.25, 0.3) is 0 Å². The molecule has 9 heteroatoms. The average molecular weight is 310 g/mol. The standard InChI is InChI=1S/C12H22O9/c1-4-6(13)8(15)10(17)12(20-4)21-5-3-19-11(18-2)9(16)7(5)14/h4-17H,3H2,1-2H3/t4-,5-,6-,7+,8+,9-,10-,11-,12+/m0/s1. The van der Waals surface area contributed by atoms with E-state index in [1.165, 1.54) is 14.0 Å². The Labute approximate surface area is 121 Å². The second-order valence-electron chi connectivity index (χ2n) is 5.27. The summed E-state index contributed by atoms with van der Waals surface area (Å²) in [6.45, 7) is 1.43. The van der Waals surface area contributed by atoms with E-state index >= 15 is 0 Å². The molecule has 0 amide bonds. The SMILES string of the molecule is CO[C@H]1OC[C@H](O[C@H]2O[C@@H](C)[C@H](O)[C@@H](O)[C@@H]2O)[C@@H](O)[C@@H]1O. The maximum absolute atomic E-state index is 9.96. The predicted molar refractivity (Wildman–Crippen MR) is 66.0 cm³/mol. The first-order valence-corrected chi connectivity index (χ1v) is 6.72. The second kappa shape index (κ2) is 6.82. The molecular weight excluding hydrogens is 288 g/mol. The van der Waals surface area contributed by atoms with Crippen molar-refractivity contribution >= 4 is 0 Å². The molecule has 2 aliphatic heterocycles. The highest BCUT2D eigenvalue weighted by molar-refractivity contribution is 4.90. The normalized spacial score (nSPS) is 51.9. The molecule has 2 saturated heterocycles. The third-order valence-corrected chi connectivity index (χ3v) is 3.78. The minimum absolute atomic E-state index is 0.0870. The molecule has 9 atom stereocenters. The summed E-state index contributed by atoms with van der Waals surface area (Å²) in [4.78, 5) is 0. The molecule has 0 aromatic carbocycles. The van der Waals surface area contributed by atoms with Crippen molar-refractivity contribution in [3.63, 3.8) is 0 Å². The Morgan fingerprint density at radius 3 is 2.10 bits per heavy atom. The van der Waals surface area contributed by atoms with Crippen molar-refractivity contribution in [2.75, 3.05) is 13.7 Å². The van der Waals surface area contributed by atoms with Crippen LogP contribution in [-0.2, 0) is 18.9 Å².